The fraction of sp³-hybridized carbons (Fsp3) is 0.333. The monoisotopic (exact) mass is 325 g/mol. The van der Waals surface area contributed by atoms with Gasteiger partial charge < -0.3 is 18.5 Å². The zero-order valence-corrected chi connectivity index (χ0v) is 13.7. The third kappa shape index (κ3) is 2.80. The van der Waals surface area contributed by atoms with Crippen molar-refractivity contribution < 1.29 is 13.6 Å². The number of hydrogen-bond donors (Lipinski definition) is 0. The Hall–Kier alpha value is -2.60. The maximum Gasteiger partial charge on any atom is 0.226 e. The van der Waals surface area contributed by atoms with E-state index in [0.29, 0.717) is 11.7 Å². The van der Waals surface area contributed by atoms with Crippen LogP contribution in [0.1, 0.15) is 13.8 Å². The van der Waals surface area contributed by atoms with Crippen molar-refractivity contribution in [1.29, 1.82) is 0 Å². The van der Waals surface area contributed by atoms with Crippen molar-refractivity contribution in [2.45, 2.75) is 26.1 Å². The topological polar surface area (TPSA) is 64.5 Å². The molecular weight excluding hydrogens is 306 g/mol. The first kappa shape index (κ1) is 15.0. The molecule has 0 spiro atoms. The fourth-order valence-electron chi connectivity index (χ4n) is 3.08. The molecule has 24 heavy (non-hydrogen) atoms. The number of furan rings is 2. The van der Waals surface area contributed by atoms with E-state index in [0.717, 1.165) is 30.1 Å². The standard InChI is InChI=1S/C18H19N3O3/c1-12-10-21(11-13(2)24-12)18-19-9-14(15-5-3-7-22-15)17(20-18)16-6-4-8-23-16/h3-9,12-13H,10-11H2,1-2H3. The van der Waals surface area contributed by atoms with Crippen LogP contribution in [0.4, 0.5) is 5.95 Å². The van der Waals surface area contributed by atoms with E-state index in [1.165, 1.54) is 0 Å². The van der Waals surface area contributed by atoms with E-state index in [9.17, 15) is 0 Å². The van der Waals surface area contributed by atoms with Crippen LogP contribution < -0.4 is 4.90 Å². The number of hydrogen-bond acceptors (Lipinski definition) is 6. The molecule has 124 valence electrons. The summed E-state index contributed by atoms with van der Waals surface area (Å²) < 4.78 is 16.9. The molecular formula is C18H19N3O3. The third-order valence-corrected chi connectivity index (χ3v) is 4.02. The maximum atomic E-state index is 5.79. The average Bonchev–Trinajstić information content (AvgIpc) is 3.27. The van der Waals surface area contributed by atoms with E-state index >= 15 is 0 Å². The Morgan fingerprint density at radius 1 is 1.00 bits per heavy atom. The van der Waals surface area contributed by atoms with Gasteiger partial charge in [-0.05, 0) is 38.1 Å². The van der Waals surface area contributed by atoms with Gasteiger partial charge >= 0.3 is 0 Å². The van der Waals surface area contributed by atoms with Crippen LogP contribution in [-0.2, 0) is 4.74 Å². The van der Waals surface area contributed by atoms with Gasteiger partial charge in [0, 0.05) is 19.3 Å². The average molecular weight is 325 g/mol. The normalized spacial score (nSPS) is 21.2. The molecule has 4 heterocycles. The van der Waals surface area contributed by atoms with E-state index in [2.05, 4.69) is 23.7 Å². The Morgan fingerprint density at radius 3 is 2.29 bits per heavy atom. The Balaban J connectivity index is 1.77. The molecule has 6 nitrogen and oxygen atoms in total. The fourth-order valence-corrected chi connectivity index (χ4v) is 3.08. The SMILES string of the molecule is CC1CN(c2ncc(-c3ccco3)c(-c3ccco3)n2)CC(C)O1. The number of morpholine rings is 1. The molecule has 0 saturated carbocycles. The minimum Gasteiger partial charge on any atom is -0.464 e. The van der Waals surface area contributed by atoms with Gasteiger partial charge in [-0.2, -0.15) is 0 Å². The number of ether oxygens (including phenoxy) is 1. The molecule has 0 bridgehead atoms. The van der Waals surface area contributed by atoms with Crippen LogP contribution in [-0.4, -0.2) is 35.3 Å². The van der Waals surface area contributed by atoms with Crippen LogP contribution in [0.2, 0.25) is 0 Å². The summed E-state index contributed by atoms with van der Waals surface area (Å²) in [7, 11) is 0. The summed E-state index contributed by atoms with van der Waals surface area (Å²) in [4.78, 5) is 11.5. The first-order valence-electron chi connectivity index (χ1n) is 8.06. The highest BCUT2D eigenvalue weighted by atomic mass is 16.5. The molecule has 0 amide bonds. The van der Waals surface area contributed by atoms with Crippen molar-refractivity contribution in [3.63, 3.8) is 0 Å². The molecule has 1 saturated heterocycles. The van der Waals surface area contributed by atoms with Crippen molar-refractivity contribution in [2.24, 2.45) is 0 Å². The lowest BCUT2D eigenvalue weighted by molar-refractivity contribution is -0.00571. The summed E-state index contributed by atoms with van der Waals surface area (Å²) in [5.74, 6) is 2.09. The molecule has 2 unspecified atom stereocenters. The van der Waals surface area contributed by atoms with E-state index in [4.69, 9.17) is 18.6 Å². The van der Waals surface area contributed by atoms with E-state index in [1.54, 1.807) is 18.7 Å². The molecule has 3 aromatic rings. The van der Waals surface area contributed by atoms with E-state index in [1.807, 2.05) is 24.3 Å². The lowest BCUT2D eigenvalue weighted by Crippen LogP contribution is -2.46. The van der Waals surface area contributed by atoms with Crippen LogP contribution in [0.25, 0.3) is 22.8 Å². The molecule has 3 aromatic heterocycles. The Kier molecular flexibility index (Phi) is 3.82. The molecule has 1 aliphatic rings. The van der Waals surface area contributed by atoms with Gasteiger partial charge in [-0.1, -0.05) is 0 Å². The second kappa shape index (κ2) is 6.13. The van der Waals surface area contributed by atoms with Crippen molar-refractivity contribution in [1.82, 2.24) is 9.97 Å². The molecule has 0 aromatic carbocycles. The Bertz CT molecular complexity index is 789. The highest BCUT2D eigenvalue weighted by Crippen LogP contribution is 2.32. The molecule has 6 heteroatoms. The van der Waals surface area contributed by atoms with Gasteiger partial charge in [-0.25, -0.2) is 9.97 Å². The quantitative estimate of drug-likeness (QED) is 0.733. The van der Waals surface area contributed by atoms with Gasteiger partial charge in [0.05, 0.1) is 30.3 Å². The van der Waals surface area contributed by atoms with Gasteiger partial charge in [0.15, 0.2) is 5.76 Å². The van der Waals surface area contributed by atoms with Gasteiger partial charge in [0.25, 0.3) is 0 Å². The Labute approximate surface area is 140 Å². The summed E-state index contributed by atoms with van der Waals surface area (Å²) in [6.45, 7) is 5.66. The number of rotatable bonds is 3. The summed E-state index contributed by atoms with van der Waals surface area (Å²) >= 11 is 0. The number of aromatic nitrogens is 2. The molecule has 2 atom stereocenters. The molecule has 1 aliphatic heterocycles. The maximum absolute atomic E-state index is 5.79. The van der Waals surface area contributed by atoms with Crippen LogP contribution >= 0.6 is 0 Å². The smallest absolute Gasteiger partial charge is 0.226 e. The largest absolute Gasteiger partial charge is 0.464 e. The second-order valence-corrected chi connectivity index (χ2v) is 6.05. The predicted molar refractivity (Wildman–Crippen MR) is 89.7 cm³/mol. The van der Waals surface area contributed by atoms with Crippen LogP contribution in [0.3, 0.4) is 0 Å². The highest BCUT2D eigenvalue weighted by Gasteiger charge is 2.25. The van der Waals surface area contributed by atoms with Crippen molar-refractivity contribution in [2.75, 3.05) is 18.0 Å². The number of anilines is 1. The molecule has 4 rings (SSSR count). The summed E-state index contributed by atoms with van der Waals surface area (Å²) in [5, 5.41) is 0. The summed E-state index contributed by atoms with van der Waals surface area (Å²) in [6, 6.07) is 7.48. The van der Waals surface area contributed by atoms with Crippen molar-refractivity contribution >= 4 is 5.95 Å². The zero-order valence-electron chi connectivity index (χ0n) is 13.7. The van der Waals surface area contributed by atoms with Crippen LogP contribution in [0.5, 0.6) is 0 Å². The van der Waals surface area contributed by atoms with Crippen molar-refractivity contribution in [3.05, 3.63) is 43.0 Å². The lowest BCUT2D eigenvalue weighted by atomic mass is 10.1. The van der Waals surface area contributed by atoms with E-state index in [-0.39, 0.29) is 12.2 Å². The van der Waals surface area contributed by atoms with Gasteiger partial charge in [0.1, 0.15) is 11.5 Å². The number of nitrogens with zero attached hydrogens (tertiary/aromatic N) is 3. The van der Waals surface area contributed by atoms with Crippen LogP contribution in [0.15, 0.2) is 51.8 Å². The molecule has 0 aliphatic carbocycles. The van der Waals surface area contributed by atoms with Gasteiger partial charge in [-0.15, -0.1) is 0 Å². The summed E-state index contributed by atoms with van der Waals surface area (Å²) in [6.07, 6.45) is 5.37. The highest BCUT2D eigenvalue weighted by molar-refractivity contribution is 5.75. The Morgan fingerprint density at radius 2 is 1.67 bits per heavy atom. The van der Waals surface area contributed by atoms with Crippen LogP contribution in [0, 0.1) is 0 Å². The first-order valence-corrected chi connectivity index (χ1v) is 8.06. The van der Waals surface area contributed by atoms with E-state index < -0.39 is 0 Å². The zero-order chi connectivity index (χ0) is 16.5. The molecule has 1 fully saturated rings. The minimum absolute atomic E-state index is 0.147. The first-order chi connectivity index (χ1) is 11.7. The predicted octanol–water partition coefficient (Wildman–Crippen LogP) is 3.61. The lowest BCUT2D eigenvalue weighted by Gasteiger charge is -2.35. The van der Waals surface area contributed by atoms with Crippen molar-refractivity contribution in [3.8, 4) is 22.8 Å². The molecule has 0 radical (unpaired) electrons. The van der Waals surface area contributed by atoms with Gasteiger partial charge in [0.2, 0.25) is 5.95 Å². The second-order valence-electron chi connectivity index (χ2n) is 6.05. The van der Waals surface area contributed by atoms with Gasteiger partial charge in [-0.3, -0.25) is 0 Å². The molecule has 0 N–H and O–H groups in total. The summed E-state index contributed by atoms with van der Waals surface area (Å²) in [5.41, 5.74) is 1.54. The minimum atomic E-state index is 0.147. The third-order valence-electron chi connectivity index (χ3n) is 4.02.